The van der Waals surface area contributed by atoms with Gasteiger partial charge in [0, 0.05) is 6.54 Å². The molecule has 1 rings (SSSR count). The van der Waals surface area contributed by atoms with E-state index in [0.717, 1.165) is 24.8 Å². The van der Waals surface area contributed by atoms with E-state index in [1.54, 1.807) is 0 Å². The lowest BCUT2D eigenvalue weighted by Gasteiger charge is -2.41. The summed E-state index contributed by atoms with van der Waals surface area (Å²) in [5.41, 5.74) is 0.408. The normalized spacial score (nSPS) is 26.0. The number of aliphatic hydroxyl groups excluding tert-OH is 1. The maximum absolute atomic E-state index is 10.4. The topological polar surface area (TPSA) is 23.5 Å². The van der Waals surface area contributed by atoms with Gasteiger partial charge in [0.15, 0.2) is 0 Å². The smallest absolute Gasteiger partial charge is 0.0581 e. The second-order valence-electron chi connectivity index (χ2n) is 8.90. The van der Waals surface area contributed by atoms with E-state index in [-0.39, 0.29) is 6.10 Å². The van der Waals surface area contributed by atoms with Crippen LogP contribution in [0.4, 0.5) is 0 Å². The summed E-state index contributed by atoms with van der Waals surface area (Å²) in [6.07, 6.45) is 5.78. The van der Waals surface area contributed by atoms with E-state index in [1.807, 2.05) is 0 Å². The Kier molecular flexibility index (Phi) is 7.70. The van der Waals surface area contributed by atoms with Gasteiger partial charge < -0.3 is 10.0 Å². The third kappa shape index (κ3) is 7.65. The van der Waals surface area contributed by atoms with Gasteiger partial charge in [0.05, 0.1) is 6.10 Å². The van der Waals surface area contributed by atoms with Crippen molar-refractivity contribution in [3.05, 3.63) is 0 Å². The fraction of sp³-hybridized carbons (Fsp3) is 1.00. The maximum atomic E-state index is 10.4. The predicted octanol–water partition coefficient (Wildman–Crippen LogP) is 4.57. The highest BCUT2D eigenvalue weighted by Gasteiger charge is 2.34. The first-order chi connectivity index (χ1) is 9.69. The van der Waals surface area contributed by atoms with Gasteiger partial charge in [-0.25, -0.2) is 0 Å². The zero-order valence-electron chi connectivity index (χ0n) is 15.4. The van der Waals surface area contributed by atoms with Crippen LogP contribution in [0.3, 0.4) is 0 Å². The molecule has 1 fully saturated rings. The zero-order valence-corrected chi connectivity index (χ0v) is 15.4. The van der Waals surface area contributed by atoms with E-state index in [9.17, 15) is 5.11 Å². The summed E-state index contributed by atoms with van der Waals surface area (Å²) in [6, 6.07) is 0. The lowest BCUT2D eigenvalue weighted by molar-refractivity contribution is 0.00306. The first kappa shape index (κ1) is 19.0. The van der Waals surface area contributed by atoms with Crippen LogP contribution in [-0.4, -0.2) is 35.7 Å². The van der Waals surface area contributed by atoms with E-state index < -0.39 is 0 Å². The van der Waals surface area contributed by atoms with Crippen molar-refractivity contribution in [1.29, 1.82) is 0 Å². The van der Waals surface area contributed by atoms with E-state index in [4.69, 9.17) is 0 Å². The monoisotopic (exact) mass is 297 g/mol. The summed E-state index contributed by atoms with van der Waals surface area (Å²) in [4.78, 5) is 2.62. The van der Waals surface area contributed by atoms with Gasteiger partial charge in [0.1, 0.15) is 0 Å². The van der Waals surface area contributed by atoms with Crippen molar-refractivity contribution in [1.82, 2.24) is 4.90 Å². The molecular formula is C19H39NO. The molecule has 0 saturated heterocycles. The number of hydrogen-bond donors (Lipinski definition) is 1. The summed E-state index contributed by atoms with van der Waals surface area (Å²) in [5, 5.41) is 10.4. The molecule has 0 bridgehead atoms. The second-order valence-corrected chi connectivity index (χ2v) is 8.90. The van der Waals surface area contributed by atoms with Crippen LogP contribution in [0.25, 0.3) is 0 Å². The molecule has 0 heterocycles. The van der Waals surface area contributed by atoms with E-state index in [2.05, 4.69) is 46.4 Å². The highest BCUT2D eigenvalue weighted by atomic mass is 16.3. The first-order valence-corrected chi connectivity index (χ1v) is 9.10. The number of hydrogen-bond acceptors (Lipinski definition) is 2. The fourth-order valence-corrected chi connectivity index (χ4v) is 3.42. The molecular weight excluding hydrogens is 258 g/mol. The van der Waals surface area contributed by atoms with Gasteiger partial charge in [-0.1, -0.05) is 41.5 Å². The van der Waals surface area contributed by atoms with Crippen LogP contribution in [0.5, 0.6) is 0 Å². The first-order valence-electron chi connectivity index (χ1n) is 9.10. The highest BCUT2D eigenvalue weighted by molar-refractivity contribution is 4.86. The van der Waals surface area contributed by atoms with Gasteiger partial charge in [-0.2, -0.15) is 0 Å². The van der Waals surface area contributed by atoms with E-state index >= 15 is 0 Å². The van der Waals surface area contributed by atoms with Crippen molar-refractivity contribution in [2.45, 2.75) is 79.8 Å². The lowest BCUT2D eigenvalue weighted by Crippen LogP contribution is -2.42. The molecule has 2 atom stereocenters. The third-order valence-corrected chi connectivity index (χ3v) is 5.01. The molecule has 2 unspecified atom stereocenters. The van der Waals surface area contributed by atoms with Gasteiger partial charge in [-0.3, -0.25) is 0 Å². The number of nitrogens with zero attached hydrogens (tertiary/aromatic N) is 1. The molecule has 1 aliphatic rings. The van der Waals surface area contributed by atoms with Gasteiger partial charge in [0.2, 0.25) is 0 Å². The minimum Gasteiger partial charge on any atom is -0.393 e. The molecule has 2 nitrogen and oxygen atoms in total. The van der Waals surface area contributed by atoms with E-state index in [1.165, 1.54) is 38.8 Å². The van der Waals surface area contributed by atoms with Crippen LogP contribution < -0.4 is 0 Å². The van der Waals surface area contributed by atoms with Crippen molar-refractivity contribution < 1.29 is 5.11 Å². The average molecular weight is 298 g/mol. The van der Waals surface area contributed by atoms with Crippen LogP contribution >= 0.6 is 0 Å². The average Bonchev–Trinajstić information content (AvgIpc) is 2.36. The van der Waals surface area contributed by atoms with E-state index in [0.29, 0.717) is 11.3 Å². The largest absolute Gasteiger partial charge is 0.393 e. The van der Waals surface area contributed by atoms with Crippen LogP contribution in [0, 0.1) is 23.2 Å². The molecule has 1 saturated carbocycles. The van der Waals surface area contributed by atoms with Crippen molar-refractivity contribution in [3.8, 4) is 0 Å². The van der Waals surface area contributed by atoms with Crippen molar-refractivity contribution in [3.63, 3.8) is 0 Å². The van der Waals surface area contributed by atoms with Crippen molar-refractivity contribution in [2.24, 2.45) is 23.2 Å². The summed E-state index contributed by atoms with van der Waals surface area (Å²) < 4.78 is 0. The molecule has 0 aliphatic heterocycles. The van der Waals surface area contributed by atoms with Crippen molar-refractivity contribution >= 4 is 0 Å². The van der Waals surface area contributed by atoms with Gasteiger partial charge >= 0.3 is 0 Å². The minimum atomic E-state index is -0.0846. The van der Waals surface area contributed by atoms with Gasteiger partial charge in [-0.15, -0.1) is 0 Å². The zero-order chi connectivity index (χ0) is 16.0. The Hall–Kier alpha value is -0.0800. The maximum Gasteiger partial charge on any atom is 0.0581 e. The Morgan fingerprint density at radius 2 is 1.57 bits per heavy atom. The quantitative estimate of drug-likeness (QED) is 0.709. The number of rotatable bonds is 8. The molecule has 0 aromatic rings. The van der Waals surface area contributed by atoms with Crippen molar-refractivity contribution in [2.75, 3.05) is 19.6 Å². The fourth-order valence-electron chi connectivity index (χ4n) is 3.42. The summed E-state index contributed by atoms with van der Waals surface area (Å²) in [6.45, 7) is 17.4. The molecule has 21 heavy (non-hydrogen) atoms. The highest BCUT2D eigenvalue weighted by Crippen LogP contribution is 2.39. The SMILES string of the molecule is CC(C)CCN(CCC(C)C)CC1CC(C)(C)CCC1O. The van der Waals surface area contributed by atoms with Crippen LogP contribution in [0.1, 0.15) is 73.6 Å². The van der Waals surface area contributed by atoms with Crippen LogP contribution in [0.15, 0.2) is 0 Å². The second kappa shape index (κ2) is 8.53. The van der Waals surface area contributed by atoms with Crippen LogP contribution in [0.2, 0.25) is 0 Å². The Morgan fingerprint density at radius 1 is 1.05 bits per heavy atom. The Balaban J connectivity index is 2.55. The minimum absolute atomic E-state index is 0.0846. The Bertz CT molecular complexity index is 273. The molecule has 1 aliphatic carbocycles. The third-order valence-electron chi connectivity index (χ3n) is 5.01. The molecule has 0 spiro atoms. The molecule has 0 radical (unpaired) electrons. The summed E-state index contributed by atoms with van der Waals surface area (Å²) in [5.74, 6) is 1.99. The Labute approximate surface area is 133 Å². The summed E-state index contributed by atoms with van der Waals surface area (Å²) >= 11 is 0. The molecule has 126 valence electrons. The van der Waals surface area contributed by atoms with Crippen LogP contribution in [-0.2, 0) is 0 Å². The molecule has 0 aromatic carbocycles. The summed E-state index contributed by atoms with van der Waals surface area (Å²) in [7, 11) is 0. The molecule has 2 heteroatoms. The standard InChI is InChI=1S/C19H39NO/c1-15(2)8-11-20(12-9-16(3)4)14-17-13-19(5,6)10-7-18(17)21/h15-18,21H,7-14H2,1-6H3. The predicted molar refractivity (Wildman–Crippen MR) is 92.5 cm³/mol. The molecule has 0 aromatic heterocycles. The van der Waals surface area contributed by atoms with Gasteiger partial charge in [-0.05, 0) is 68.4 Å². The van der Waals surface area contributed by atoms with Gasteiger partial charge in [0.25, 0.3) is 0 Å². The molecule has 1 N–H and O–H groups in total. The molecule has 0 amide bonds. The lowest BCUT2D eigenvalue weighted by atomic mass is 9.70. The number of aliphatic hydroxyl groups is 1. The Morgan fingerprint density at radius 3 is 2.05 bits per heavy atom.